The van der Waals surface area contributed by atoms with Crippen molar-refractivity contribution >= 4 is 8.07 Å². The predicted molar refractivity (Wildman–Crippen MR) is 98.4 cm³/mol. The van der Waals surface area contributed by atoms with Crippen LogP contribution in [0.3, 0.4) is 0 Å². The Labute approximate surface area is 148 Å². The first-order valence-electron chi connectivity index (χ1n) is 8.20. The number of ether oxygens (including phenoxy) is 1. The summed E-state index contributed by atoms with van der Waals surface area (Å²) in [6.45, 7) is 5.61. The van der Waals surface area contributed by atoms with E-state index in [0.29, 0.717) is 12.4 Å². The van der Waals surface area contributed by atoms with E-state index in [0.717, 1.165) is 11.1 Å². The molecule has 2 aromatic rings. The predicted octanol–water partition coefficient (Wildman–Crippen LogP) is 6.17. The summed E-state index contributed by atoms with van der Waals surface area (Å²) in [4.78, 5) is 0. The number of rotatable bonds is 6. The summed E-state index contributed by atoms with van der Waals surface area (Å²) in [7, 11) is -2.43. The normalized spacial score (nSPS) is 13.0. The fraction of sp³-hybridized carbons (Fsp3) is 0.300. The SMILES string of the molecule is C[Si](C)(C)C(=CCc1ccc(OCc2ccccc2)cc1)C(F)(F)F. The van der Waals surface area contributed by atoms with Crippen LogP contribution in [0.5, 0.6) is 5.75 Å². The summed E-state index contributed by atoms with van der Waals surface area (Å²) in [5.74, 6) is 0.706. The molecule has 0 unspecified atom stereocenters. The molecule has 0 N–H and O–H groups in total. The first-order chi connectivity index (χ1) is 11.7. The highest BCUT2D eigenvalue weighted by atomic mass is 28.3. The zero-order chi connectivity index (χ0) is 18.5. The average Bonchev–Trinajstić information content (AvgIpc) is 2.53. The van der Waals surface area contributed by atoms with Gasteiger partial charge in [0, 0.05) is 5.20 Å². The summed E-state index contributed by atoms with van der Waals surface area (Å²) < 4.78 is 45.3. The number of halogens is 3. The number of alkyl halides is 3. The van der Waals surface area contributed by atoms with Gasteiger partial charge in [-0.25, -0.2) is 0 Å². The fourth-order valence-electron chi connectivity index (χ4n) is 2.53. The van der Waals surface area contributed by atoms with Gasteiger partial charge in [-0.05, 0) is 29.7 Å². The van der Waals surface area contributed by atoms with Gasteiger partial charge in [-0.3, -0.25) is 0 Å². The largest absolute Gasteiger partial charge is 0.489 e. The third-order valence-corrected chi connectivity index (χ3v) is 5.93. The van der Waals surface area contributed by atoms with Crippen LogP contribution in [0.25, 0.3) is 0 Å². The van der Waals surface area contributed by atoms with E-state index in [9.17, 15) is 13.2 Å². The highest BCUT2D eigenvalue weighted by molar-refractivity contribution is 6.83. The van der Waals surface area contributed by atoms with Crippen LogP contribution in [0.1, 0.15) is 11.1 Å². The molecule has 0 aliphatic heterocycles. The third kappa shape index (κ3) is 6.09. The molecule has 0 radical (unpaired) electrons. The van der Waals surface area contributed by atoms with Gasteiger partial charge in [0.2, 0.25) is 0 Å². The van der Waals surface area contributed by atoms with E-state index in [4.69, 9.17) is 4.74 Å². The molecule has 0 fully saturated rings. The molecular formula is C20H23F3OSi. The Morgan fingerprint density at radius 2 is 1.52 bits per heavy atom. The Morgan fingerprint density at radius 3 is 2.04 bits per heavy atom. The minimum absolute atomic E-state index is 0.276. The van der Waals surface area contributed by atoms with Crippen molar-refractivity contribution < 1.29 is 17.9 Å². The van der Waals surface area contributed by atoms with Crippen LogP contribution in [-0.4, -0.2) is 14.3 Å². The minimum atomic E-state index is -4.25. The molecule has 0 amide bonds. The Hall–Kier alpha value is -2.01. The second-order valence-electron chi connectivity index (χ2n) is 6.99. The molecule has 0 aliphatic carbocycles. The lowest BCUT2D eigenvalue weighted by Gasteiger charge is -2.23. The van der Waals surface area contributed by atoms with Gasteiger partial charge in [0.1, 0.15) is 12.4 Å². The van der Waals surface area contributed by atoms with Crippen LogP contribution in [-0.2, 0) is 13.0 Å². The van der Waals surface area contributed by atoms with Crippen molar-refractivity contribution in [2.24, 2.45) is 0 Å². The van der Waals surface area contributed by atoms with Crippen LogP contribution in [0, 0.1) is 0 Å². The summed E-state index contributed by atoms with van der Waals surface area (Å²) in [6.07, 6.45) is -2.63. The van der Waals surface area contributed by atoms with Crippen LogP contribution in [0.2, 0.25) is 19.6 Å². The minimum Gasteiger partial charge on any atom is -0.489 e. The first kappa shape index (κ1) is 19.3. The maximum Gasteiger partial charge on any atom is 0.408 e. The number of allylic oxidation sites excluding steroid dienone is 2. The van der Waals surface area contributed by atoms with Gasteiger partial charge < -0.3 is 4.74 Å². The molecule has 1 nitrogen and oxygen atoms in total. The molecule has 0 spiro atoms. The molecule has 0 aliphatic rings. The average molecular weight is 364 g/mol. The van der Waals surface area contributed by atoms with Gasteiger partial charge in [-0.2, -0.15) is 13.2 Å². The maximum absolute atomic E-state index is 13.2. The summed E-state index contributed by atoms with van der Waals surface area (Å²) in [5.41, 5.74) is 1.91. The molecule has 0 aromatic heterocycles. The number of hydrogen-bond acceptors (Lipinski definition) is 1. The lowest BCUT2D eigenvalue weighted by Crippen LogP contribution is -2.34. The quantitative estimate of drug-likeness (QED) is 0.557. The lowest BCUT2D eigenvalue weighted by atomic mass is 10.1. The second-order valence-corrected chi connectivity index (χ2v) is 12.0. The lowest BCUT2D eigenvalue weighted by molar-refractivity contribution is -0.0858. The molecule has 25 heavy (non-hydrogen) atoms. The van der Waals surface area contributed by atoms with Crippen LogP contribution in [0.4, 0.5) is 13.2 Å². The van der Waals surface area contributed by atoms with Crippen LogP contribution >= 0.6 is 0 Å². The summed E-state index contributed by atoms with van der Waals surface area (Å²) in [5, 5.41) is -0.357. The molecule has 134 valence electrons. The Kier molecular flexibility index (Phi) is 6.11. The molecule has 0 bridgehead atoms. The van der Waals surface area contributed by atoms with E-state index in [1.807, 2.05) is 42.5 Å². The van der Waals surface area contributed by atoms with Gasteiger partial charge >= 0.3 is 6.18 Å². The topological polar surface area (TPSA) is 9.23 Å². The van der Waals surface area contributed by atoms with Crippen molar-refractivity contribution in [2.45, 2.75) is 38.8 Å². The van der Waals surface area contributed by atoms with Gasteiger partial charge in [0.05, 0.1) is 8.07 Å². The van der Waals surface area contributed by atoms with Crippen molar-refractivity contribution in [1.29, 1.82) is 0 Å². The highest BCUT2D eigenvalue weighted by Gasteiger charge is 2.41. The summed E-state index contributed by atoms with van der Waals surface area (Å²) >= 11 is 0. The molecule has 5 heteroatoms. The summed E-state index contributed by atoms with van der Waals surface area (Å²) in [6, 6.07) is 17.0. The van der Waals surface area contributed by atoms with E-state index in [1.165, 1.54) is 6.08 Å². The molecule has 0 atom stereocenters. The second kappa shape index (κ2) is 7.91. The van der Waals surface area contributed by atoms with Crippen molar-refractivity contribution in [3.8, 4) is 5.75 Å². The Balaban J connectivity index is 2.01. The van der Waals surface area contributed by atoms with Crippen LogP contribution in [0.15, 0.2) is 65.9 Å². The third-order valence-electron chi connectivity index (χ3n) is 3.83. The van der Waals surface area contributed by atoms with Crippen molar-refractivity contribution in [3.05, 3.63) is 77.0 Å². The monoisotopic (exact) mass is 364 g/mol. The van der Waals surface area contributed by atoms with Crippen molar-refractivity contribution in [3.63, 3.8) is 0 Å². The maximum atomic E-state index is 13.2. The van der Waals surface area contributed by atoms with Gasteiger partial charge in [-0.1, -0.05) is 68.2 Å². The standard InChI is InChI=1S/C20H23F3OSi/c1-25(2,3)19(20(21,22)23)14-11-16-9-12-18(13-10-16)24-15-17-7-5-4-6-8-17/h4-10,12-14H,11,15H2,1-3H3. The van der Waals surface area contributed by atoms with E-state index in [-0.39, 0.29) is 11.6 Å². The van der Waals surface area contributed by atoms with E-state index in [2.05, 4.69) is 0 Å². The van der Waals surface area contributed by atoms with E-state index in [1.54, 1.807) is 31.8 Å². The van der Waals surface area contributed by atoms with Gasteiger partial charge in [0.15, 0.2) is 0 Å². The van der Waals surface area contributed by atoms with Crippen molar-refractivity contribution in [2.75, 3.05) is 0 Å². The smallest absolute Gasteiger partial charge is 0.408 e. The van der Waals surface area contributed by atoms with Gasteiger partial charge in [0.25, 0.3) is 0 Å². The number of benzene rings is 2. The molecule has 0 saturated carbocycles. The molecule has 0 heterocycles. The number of hydrogen-bond donors (Lipinski definition) is 0. The van der Waals surface area contributed by atoms with Gasteiger partial charge in [-0.15, -0.1) is 0 Å². The zero-order valence-corrected chi connectivity index (χ0v) is 15.7. The van der Waals surface area contributed by atoms with Crippen LogP contribution < -0.4 is 4.74 Å². The molecule has 0 saturated heterocycles. The fourth-order valence-corrected chi connectivity index (χ4v) is 4.09. The van der Waals surface area contributed by atoms with E-state index < -0.39 is 14.3 Å². The Morgan fingerprint density at radius 1 is 0.920 bits per heavy atom. The van der Waals surface area contributed by atoms with E-state index >= 15 is 0 Å². The molecule has 2 aromatic carbocycles. The van der Waals surface area contributed by atoms with Crippen molar-refractivity contribution in [1.82, 2.24) is 0 Å². The molecular weight excluding hydrogens is 341 g/mol. The zero-order valence-electron chi connectivity index (χ0n) is 14.7. The molecule has 2 rings (SSSR count). The first-order valence-corrected chi connectivity index (χ1v) is 11.7. The highest BCUT2D eigenvalue weighted by Crippen LogP contribution is 2.33. The Bertz CT molecular complexity index is 682.